The summed E-state index contributed by atoms with van der Waals surface area (Å²) in [4.78, 5) is 4.67. The standard InChI is InChI=1S/C18H35N7O2S.HI/c1-5-7-10-19-18(20-14-17-23-22-15(3)24(17)4)21-16-8-11-25(12-9-16)28(26,27)13-6-2;/h16H,5-14H2,1-4H3,(H2,19,20,21);1H. The molecule has 29 heavy (non-hydrogen) atoms. The van der Waals surface area contributed by atoms with Crippen LogP contribution in [0, 0.1) is 6.92 Å². The molecule has 9 nitrogen and oxygen atoms in total. The van der Waals surface area contributed by atoms with Crippen LogP contribution in [-0.2, 0) is 23.6 Å². The molecular formula is C18H36IN7O2S. The first-order valence-electron chi connectivity index (χ1n) is 10.2. The van der Waals surface area contributed by atoms with Crippen LogP contribution in [0.3, 0.4) is 0 Å². The first-order chi connectivity index (χ1) is 13.4. The Hall–Kier alpha value is -0.950. The molecule has 1 aromatic rings. The molecule has 1 saturated heterocycles. The van der Waals surface area contributed by atoms with Gasteiger partial charge in [-0.2, -0.15) is 0 Å². The number of aromatic nitrogens is 3. The van der Waals surface area contributed by atoms with Gasteiger partial charge in [-0.05, 0) is 32.6 Å². The van der Waals surface area contributed by atoms with Crippen molar-refractivity contribution < 1.29 is 8.42 Å². The molecule has 1 aliphatic heterocycles. The monoisotopic (exact) mass is 541 g/mol. The van der Waals surface area contributed by atoms with Gasteiger partial charge in [-0.25, -0.2) is 17.7 Å². The van der Waals surface area contributed by atoms with E-state index in [4.69, 9.17) is 0 Å². The van der Waals surface area contributed by atoms with E-state index in [1.165, 1.54) is 0 Å². The van der Waals surface area contributed by atoms with E-state index in [0.29, 0.717) is 26.1 Å². The lowest BCUT2D eigenvalue weighted by atomic mass is 10.1. The number of aliphatic imine (C=N–C) groups is 1. The van der Waals surface area contributed by atoms with Gasteiger partial charge in [-0.15, -0.1) is 34.2 Å². The molecule has 2 rings (SSSR count). The Morgan fingerprint density at radius 3 is 2.45 bits per heavy atom. The predicted molar refractivity (Wildman–Crippen MR) is 127 cm³/mol. The fraction of sp³-hybridized carbons (Fsp3) is 0.833. The van der Waals surface area contributed by atoms with Crippen LogP contribution in [0.5, 0.6) is 0 Å². The van der Waals surface area contributed by atoms with E-state index >= 15 is 0 Å². The first kappa shape index (κ1) is 26.1. The van der Waals surface area contributed by atoms with Crippen LogP contribution in [-0.4, -0.2) is 64.9 Å². The highest BCUT2D eigenvalue weighted by atomic mass is 127. The molecule has 0 aliphatic carbocycles. The number of guanidine groups is 1. The van der Waals surface area contributed by atoms with Crippen LogP contribution in [0.25, 0.3) is 0 Å². The molecule has 2 heterocycles. The number of nitrogens with one attached hydrogen (secondary N) is 2. The van der Waals surface area contributed by atoms with Gasteiger partial charge in [-0.3, -0.25) is 0 Å². The molecule has 11 heteroatoms. The van der Waals surface area contributed by atoms with Gasteiger partial charge in [0.05, 0.1) is 5.75 Å². The Morgan fingerprint density at radius 1 is 1.21 bits per heavy atom. The molecule has 0 unspecified atom stereocenters. The summed E-state index contributed by atoms with van der Waals surface area (Å²) in [6.45, 7) is 8.39. The average molecular weight is 542 g/mol. The lowest BCUT2D eigenvalue weighted by Gasteiger charge is -2.32. The predicted octanol–water partition coefficient (Wildman–Crippen LogP) is 1.78. The molecule has 0 saturated carbocycles. The molecular weight excluding hydrogens is 505 g/mol. The number of nitrogens with zero attached hydrogens (tertiary/aromatic N) is 5. The van der Waals surface area contributed by atoms with Gasteiger partial charge in [0, 0.05) is 32.7 Å². The summed E-state index contributed by atoms with van der Waals surface area (Å²) in [6, 6.07) is 0.210. The number of sulfonamides is 1. The van der Waals surface area contributed by atoms with Gasteiger partial charge < -0.3 is 15.2 Å². The zero-order valence-electron chi connectivity index (χ0n) is 18.0. The minimum Gasteiger partial charge on any atom is -0.356 e. The topological polar surface area (TPSA) is 105 Å². The first-order valence-corrected chi connectivity index (χ1v) is 11.9. The normalized spacial score (nSPS) is 16.5. The molecule has 0 bridgehead atoms. The summed E-state index contributed by atoms with van der Waals surface area (Å²) in [5.41, 5.74) is 0. The summed E-state index contributed by atoms with van der Waals surface area (Å²) < 4.78 is 28.0. The molecule has 1 fully saturated rings. The van der Waals surface area contributed by atoms with Crippen molar-refractivity contribution in [1.82, 2.24) is 29.7 Å². The summed E-state index contributed by atoms with van der Waals surface area (Å²) in [5, 5.41) is 15.1. The summed E-state index contributed by atoms with van der Waals surface area (Å²) in [6.07, 6.45) is 4.38. The summed E-state index contributed by atoms with van der Waals surface area (Å²) in [5.74, 6) is 2.66. The smallest absolute Gasteiger partial charge is 0.214 e. The lowest BCUT2D eigenvalue weighted by molar-refractivity contribution is 0.306. The van der Waals surface area contributed by atoms with E-state index in [0.717, 1.165) is 49.8 Å². The van der Waals surface area contributed by atoms with Crippen molar-refractivity contribution in [3.8, 4) is 0 Å². The molecule has 1 aromatic heterocycles. The molecule has 0 aromatic carbocycles. The highest BCUT2D eigenvalue weighted by molar-refractivity contribution is 14.0. The van der Waals surface area contributed by atoms with Crippen LogP contribution in [0.4, 0.5) is 0 Å². The van der Waals surface area contributed by atoms with Crippen molar-refractivity contribution >= 4 is 40.0 Å². The van der Waals surface area contributed by atoms with Crippen molar-refractivity contribution in [3.63, 3.8) is 0 Å². The zero-order valence-corrected chi connectivity index (χ0v) is 21.2. The second kappa shape index (κ2) is 12.7. The van der Waals surface area contributed by atoms with Crippen molar-refractivity contribution in [2.45, 2.75) is 65.5 Å². The van der Waals surface area contributed by atoms with Crippen LogP contribution < -0.4 is 10.6 Å². The third-order valence-corrected chi connectivity index (χ3v) is 7.11. The van der Waals surface area contributed by atoms with Crippen LogP contribution in [0.1, 0.15) is 57.6 Å². The van der Waals surface area contributed by atoms with E-state index in [9.17, 15) is 8.42 Å². The Balaban J connectivity index is 0.00000420. The third kappa shape index (κ3) is 8.00. The zero-order chi connectivity index (χ0) is 20.6. The molecule has 0 atom stereocenters. The fourth-order valence-electron chi connectivity index (χ4n) is 3.13. The third-order valence-electron chi connectivity index (χ3n) is 5.03. The molecule has 168 valence electrons. The quantitative estimate of drug-likeness (QED) is 0.214. The number of halogens is 1. The van der Waals surface area contributed by atoms with E-state index in [-0.39, 0.29) is 35.8 Å². The van der Waals surface area contributed by atoms with Gasteiger partial charge in [0.25, 0.3) is 0 Å². The average Bonchev–Trinajstić information content (AvgIpc) is 2.98. The van der Waals surface area contributed by atoms with E-state index < -0.39 is 10.0 Å². The second-order valence-corrected chi connectivity index (χ2v) is 9.39. The number of hydrogen-bond donors (Lipinski definition) is 2. The highest BCUT2D eigenvalue weighted by Crippen LogP contribution is 2.15. The molecule has 0 amide bonds. The van der Waals surface area contributed by atoms with Gasteiger partial charge in [-0.1, -0.05) is 20.3 Å². The van der Waals surface area contributed by atoms with Gasteiger partial charge in [0.15, 0.2) is 11.8 Å². The van der Waals surface area contributed by atoms with E-state index in [1.807, 2.05) is 25.5 Å². The Labute approximate surface area is 192 Å². The van der Waals surface area contributed by atoms with Crippen molar-refractivity contribution in [2.24, 2.45) is 12.0 Å². The van der Waals surface area contributed by atoms with Gasteiger partial charge >= 0.3 is 0 Å². The van der Waals surface area contributed by atoms with Crippen LogP contribution >= 0.6 is 24.0 Å². The SMILES string of the molecule is CCCCNC(=NCc1nnc(C)n1C)NC1CCN(S(=O)(=O)CCC)CC1.I. The largest absolute Gasteiger partial charge is 0.356 e. The number of piperidine rings is 1. The number of rotatable bonds is 9. The fourth-order valence-corrected chi connectivity index (χ4v) is 4.67. The maximum absolute atomic E-state index is 12.2. The van der Waals surface area contributed by atoms with Crippen LogP contribution in [0.2, 0.25) is 0 Å². The van der Waals surface area contributed by atoms with E-state index in [1.54, 1.807) is 4.31 Å². The van der Waals surface area contributed by atoms with Gasteiger partial charge in [0.2, 0.25) is 10.0 Å². The second-order valence-electron chi connectivity index (χ2n) is 7.30. The maximum Gasteiger partial charge on any atom is 0.214 e. The van der Waals surface area contributed by atoms with Crippen molar-refractivity contribution in [1.29, 1.82) is 0 Å². The van der Waals surface area contributed by atoms with E-state index in [2.05, 4.69) is 32.7 Å². The Morgan fingerprint density at radius 2 is 1.90 bits per heavy atom. The number of hydrogen-bond acceptors (Lipinski definition) is 5. The number of aryl methyl sites for hydroxylation is 1. The Bertz CT molecular complexity index is 743. The molecule has 0 radical (unpaired) electrons. The minimum atomic E-state index is -3.11. The summed E-state index contributed by atoms with van der Waals surface area (Å²) in [7, 11) is -1.18. The van der Waals surface area contributed by atoms with Crippen LogP contribution in [0.15, 0.2) is 4.99 Å². The van der Waals surface area contributed by atoms with Crippen molar-refractivity contribution in [2.75, 3.05) is 25.4 Å². The Kier molecular flexibility index (Phi) is 11.4. The summed E-state index contributed by atoms with van der Waals surface area (Å²) >= 11 is 0. The molecule has 0 spiro atoms. The van der Waals surface area contributed by atoms with Gasteiger partial charge in [0.1, 0.15) is 12.4 Å². The number of unbranched alkanes of at least 4 members (excludes halogenated alkanes) is 1. The highest BCUT2D eigenvalue weighted by Gasteiger charge is 2.27. The minimum absolute atomic E-state index is 0. The molecule has 2 N–H and O–H groups in total. The van der Waals surface area contributed by atoms with Crippen molar-refractivity contribution in [3.05, 3.63) is 11.6 Å². The molecule has 1 aliphatic rings. The maximum atomic E-state index is 12.2. The lowest BCUT2D eigenvalue weighted by Crippen LogP contribution is -2.50.